The van der Waals surface area contributed by atoms with Gasteiger partial charge in [-0.05, 0) is 36.4 Å². The molecule has 0 unspecified atom stereocenters. The highest BCUT2D eigenvalue weighted by Crippen LogP contribution is 2.31. The third-order valence-electron chi connectivity index (χ3n) is 4.09. The quantitative estimate of drug-likeness (QED) is 0.500. The van der Waals surface area contributed by atoms with Crippen molar-refractivity contribution in [3.05, 3.63) is 78.4 Å². The van der Waals surface area contributed by atoms with Crippen LogP contribution < -0.4 is 10.1 Å². The van der Waals surface area contributed by atoms with Crippen LogP contribution in [0.4, 0.5) is 5.13 Å². The van der Waals surface area contributed by atoms with Gasteiger partial charge in [0.05, 0.1) is 20.7 Å². The Morgan fingerprint density at radius 1 is 0.966 bits per heavy atom. The van der Waals surface area contributed by atoms with Crippen LogP contribution >= 0.6 is 11.3 Å². The number of nitrogens with zero attached hydrogens (tertiary/aromatic N) is 1. The largest absolute Gasteiger partial charge is 0.457 e. The molecule has 4 rings (SSSR count). The first-order chi connectivity index (χ1) is 13.9. The molecule has 0 radical (unpaired) electrons. The van der Waals surface area contributed by atoms with Gasteiger partial charge >= 0.3 is 0 Å². The molecule has 0 saturated heterocycles. The molecule has 6 nitrogen and oxygen atoms in total. The van der Waals surface area contributed by atoms with Gasteiger partial charge in [-0.2, -0.15) is 0 Å². The van der Waals surface area contributed by atoms with E-state index >= 15 is 0 Å². The number of anilines is 1. The van der Waals surface area contributed by atoms with Crippen molar-refractivity contribution in [1.82, 2.24) is 4.98 Å². The molecule has 0 aliphatic rings. The van der Waals surface area contributed by atoms with E-state index in [9.17, 15) is 13.2 Å². The van der Waals surface area contributed by atoms with Crippen LogP contribution in [0.3, 0.4) is 0 Å². The fourth-order valence-corrected chi connectivity index (χ4v) is 4.56. The summed E-state index contributed by atoms with van der Waals surface area (Å²) >= 11 is 1.29. The van der Waals surface area contributed by atoms with Crippen molar-refractivity contribution in [2.45, 2.75) is 4.90 Å². The molecule has 1 amide bonds. The summed E-state index contributed by atoms with van der Waals surface area (Å²) in [7, 11) is -3.53. The third-order valence-corrected chi connectivity index (χ3v) is 6.18. The summed E-state index contributed by atoms with van der Waals surface area (Å²) in [5.74, 6) is 0.862. The summed E-state index contributed by atoms with van der Waals surface area (Å²) in [5.41, 5.74) is 0.796. The van der Waals surface area contributed by atoms with E-state index in [0.717, 1.165) is 16.7 Å². The molecule has 1 aromatic heterocycles. The number of ether oxygens (including phenoxy) is 1. The summed E-state index contributed by atoms with van der Waals surface area (Å²) < 4.78 is 30.5. The number of carbonyl (C=O) groups is 1. The van der Waals surface area contributed by atoms with Gasteiger partial charge in [0, 0.05) is 12.3 Å². The van der Waals surface area contributed by atoms with E-state index in [0.29, 0.717) is 16.4 Å². The molecule has 0 bridgehead atoms. The van der Waals surface area contributed by atoms with Crippen LogP contribution in [0.15, 0.2) is 77.7 Å². The van der Waals surface area contributed by atoms with E-state index in [4.69, 9.17) is 4.74 Å². The first kappa shape index (κ1) is 19.1. The fourth-order valence-electron chi connectivity index (χ4n) is 2.79. The lowest BCUT2D eigenvalue weighted by Crippen LogP contribution is -2.15. The number of aromatic nitrogens is 1. The Morgan fingerprint density at radius 3 is 2.45 bits per heavy atom. The molecule has 1 heterocycles. The Kier molecular flexibility index (Phi) is 5.04. The molecular weight excluding hydrogens is 408 g/mol. The van der Waals surface area contributed by atoms with Gasteiger partial charge < -0.3 is 4.74 Å². The molecule has 4 aromatic rings. The number of hydrogen-bond acceptors (Lipinski definition) is 6. The molecule has 8 heteroatoms. The van der Waals surface area contributed by atoms with Crippen LogP contribution in [0.2, 0.25) is 0 Å². The molecule has 0 aliphatic carbocycles. The monoisotopic (exact) mass is 424 g/mol. The highest BCUT2D eigenvalue weighted by Gasteiger charge is 2.19. The summed E-state index contributed by atoms with van der Waals surface area (Å²) in [6.07, 6.45) is 1.07. The Bertz CT molecular complexity index is 1300. The number of carbonyl (C=O) groups excluding carboxylic acids is 1. The van der Waals surface area contributed by atoms with Crippen LogP contribution in [0.25, 0.3) is 10.2 Å². The third kappa shape index (κ3) is 4.28. The second-order valence-electron chi connectivity index (χ2n) is 6.29. The van der Waals surface area contributed by atoms with Crippen LogP contribution in [0.1, 0.15) is 10.4 Å². The van der Waals surface area contributed by atoms with Crippen molar-refractivity contribution < 1.29 is 17.9 Å². The molecule has 1 N–H and O–H groups in total. The average Bonchev–Trinajstić information content (AvgIpc) is 3.09. The van der Waals surface area contributed by atoms with Crippen molar-refractivity contribution in [2.24, 2.45) is 0 Å². The van der Waals surface area contributed by atoms with E-state index in [1.165, 1.54) is 23.5 Å². The minimum absolute atomic E-state index is 0.0165. The molecule has 29 heavy (non-hydrogen) atoms. The van der Waals surface area contributed by atoms with Gasteiger partial charge in [-0.15, -0.1) is 0 Å². The first-order valence-electron chi connectivity index (χ1n) is 8.64. The second-order valence-corrected chi connectivity index (χ2v) is 9.30. The second kappa shape index (κ2) is 7.65. The molecule has 0 fully saturated rings. The van der Waals surface area contributed by atoms with Gasteiger partial charge in [0.1, 0.15) is 11.5 Å². The topological polar surface area (TPSA) is 85.4 Å². The number of fused-ring (bicyclic) bond motifs is 1. The van der Waals surface area contributed by atoms with Crippen molar-refractivity contribution in [1.29, 1.82) is 0 Å². The Hall–Kier alpha value is -3.23. The van der Waals surface area contributed by atoms with E-state index in [1.807, 2.05) is 42.5 Å². The molecule has 0 aliphatic heterocycles. The van der Waals surface area contributed by atoms with Gasteiger partial charge in [-0.25, -0.2) is 13.4 Å². The number of rotatable bonds is 5. The summed E-state index contributed by atoms with van der Waals surface area (Å²) in [6.45, 7) is 0. The number of hydrogen-bond donors (Lipinski definition) is 1. The highest BCUT2D eigenvalue weighted by molar-refractivity contribution is 7.90. The smallest absolute Gasteiger partial charge is 0.258 e. The molecule has 146 valence electrons. The SMILES string of the molecule is CS(=O)(=O)c1ccccc1C(=O)Nc1nc2ccc(Oc3ccccc3)cc2s1. The van der Waals surface area contributed by atoms with Crippen LogP contribution in [0, 0.1) is 0 Å². The van der Waals surface area contributed by atoms with E-state index in [-0.39, 0.29) is 10.5 Å². The van der Waals surface area contributed by atoms with Crippen LogP contribution in [-0.2, 0) is 9.84 Å². The standard InChI is InChI=1S/C21H16N2O4S2/c1-29(25,26)19-10-6-5-9-16(19)20(24)23-21-22-17-12-11-15(13-18(17)28-21)27-14-7-3-2-4-8-14/h2-13H,1H3,(H,22,23,24). The van der Waals surface area contributed by atoms with Crippen LogP contribution in [0.5, 0.6) is 11.5 Å². The Morgan fingerprint density at radius 2 is 1.69 bits per heavy atom. The number of benzene rings is 3. The van der Waals surface area contributed by atoms with Crippen molar-refractivity contribution in [2.75, 3.05) is 11.6 Å². The summed E-state index contributed by atoms with van der Waals surface area (Å²) in [4.78, 5) is 17.0. The fraction of sp³-hybridized carbons (Fsp3) is 0.0476. The first-order valence-corrected chi connectivity index (χ1v) is 11.3. The number of sulfone groups is 1. The summed E-state index contributed by atoms with van der Waals surface area (Å²) in [5, 5.41) is 3.07. The van der Waals surface area contributed by atoms with E-state index in [2.05, 4.69) is 10.3 Å². The lowest BCUT2D eigenvalue weighted by molar-refractivity contribution is 0.102. The maximum absolute atomic E-state index is 12.6. The predicted molar refractivity (Wildman–Crippen MR) is 114 cm³/mol. The van der Waals surface area contributed by atoms with Crippen LogP contribution in [-0.4, -0.2) is 25.6 Å². The maximum Gasteiger partial charge on any atom is 0.258 e. The number of nitrogens with one attached hydrogen (secondary N) is 1. The predicted octanol–water partition coefficient (Wildman–Crippen LogP) is 4.74. The summed E-state index contributed by atoms with van der Waals surface area (Å²) in [6, 6.07) is 21.0. The number of thiazole rings is 1. The number of amides is 1. The Balaban J connectivity index is 1.59. The molecule has 0 spiro atoms. The van der Waals surface area contributed by atoms with Gasteiger partial charge in [-0.3, -0.25) is 10.1 Å². The van der Waals surface area contributed by atoms with Gasteiger partial charge in [0.25, 0.3) is 5.91 Å². The normalized spacial score (nSPS) is 11.3. The van der Waals surface area contributed by atoms with Gasteiger partial charge in [0.2, 0.25) is 0 Å². The minimum atomic E-state index is -3.53. The lowest BCUT2D eigenvalue weighted by Gasteiger charge is -2.06. The maximum atomic E-state index is 12.6. The van der Waals surface area contributed by atoms with E-state index < -0.39 is 15.7 Å². The lowest BCUT2D eigenvalue weighted by atomic mass is 10.2. The zero-order valence-electron chi connectivity index (χ0n) is 15.3. The number of para-hydroxylation sites is 1. The molecular formula is C21H16N2O4S2. The molecule has 0 atom stereocenters. The zero-order chi connectivity index (χ0) is 20.4. The zero-order valence-corrected chi connectivity index (χ0v) is 17.0. The molecule has 3 aromatic carbocycles. The van der Waals surface area contributed by atoms with Gasteiger partial charge in [-0.1, -0.05) is 41.7 Å². The van der Waals surface area contributed by atoms with E-state index in [1.54, 1.807) is 18.2 Å². The van der Waals surface area contributed by atoms with Crippen molar-refractivity contribution in [3.63, 3.8) is 0 Å². The average molecular weight is 425 g/mol. The van der Waals surface area contributed by atoms with Crippen molar-refractivity contribution in [3.8, 4) is 11.5 Å². The van der Waals surface area contributed by atoms with Crippen molar-refractivity contribution >= 4 is 42.4 Å². The minimum Gasteiger partial charge on any atom is -0.457 e. The Labute approximate surface area is 171 Å². The molecule has 0 saturated carbocycles. The highest BCUT2D eigenvalue weighted by atomic mass is 32.2. The van der Waals surface area contributed by atoms with Gasteiger partial charge in [0.15, 0.2) is 15.0 Å².